The third-order valence-corrected chi connectivity index (χ3v) is 9.17. The van der Waals surface area contributed by atoms with Crippen LogP contribution in [-0.2, 0) is 4.57 Å². The number of nitrogens with one attached hydrogen (secondary N) is 1. The van der Waals surface area contributed by atoms with E-state index in [0.29, 0.717) is 21.9 Å². The second-order valence-electron chi connectivity index (χ2n) is 8.49. The first-order valence-electron chi connectivity index (χ1n) is 11.4. The number of ketones is 1. The van der Waals surface area contributed by atoms with Crippen LogP contribution in [-0.4, -0.2) is 30.1 Å². The molecule has 0 bridgehead atoms. The van der Waals surface area contributed by atoms with Crippen LogP contribution in [0.25, 0.3) is 0 Å². The van der Waals surface area contributed by atoms with Crippen molar-refractivity contribution in [2.24, 2.45) is 5.92 Å². The summed E-state index contributed by atoms with van der Waals surface area (Å²) in [5.41, 5.74) is 0.326. The zero-order valence-corrected chi connectivity index (χ0v) is 19.7. The van der Waals surface area contributed by atoms with Gasteiger partial charge in [0.25, 0.3) is 0 Å². The number of aliphatic hydroxyl groups excluding tert-OH is 1. The van der Waals surface area contributed by atoms with E-state index >= 15 is 0 Å². The monoisotopic (exact) mass is 463 g/mol. The third kappa shape index (κ3) is 4.96. The maximum absolute atomic E-state index is 14.6. The topological polar surface area (TPSA) is 75.6 Å². The molecule has 0 saturated heterocycles. The van der Waals surface area contributed by atoms with Crippen LogP contribution in [0.3, 0.4) is 0 Å². The average molecular weight is 464 g/mol. The zero-order valence-electron chi connectivity index (χ0n) is 18.8. The quantitative estimate of drug-likeness (QED) is 0.365. The van der Waals surface area contributed by atoms with Crippen molar-refractivity contribution in [3.05, 3.63) is 90.5 Å². The summed E-state index contributed by atoms with van der Waals surface area (Å²) in [6.45, 7) is 0. The van der Waals surface area contributed by atoms with Crippen molar-refractivity contribution >= 4 is 23.7 Å². The van der Waals surface area contributed by atoms with Crippen molar-refractivity contribution in [3.8, 4) is 5.75 Å². The summed E-state index contributed by atoms with van der Waals surface area (Å²) in [4.78, 5) is 13.4. The van der Waals surface area contributed by atoms with Crippen molar-refractivity contribution < 1.29 is 19.2 Å². The third-order valence-electron chi connectivity index (χ3n) is 6.46. The van der Waals surface area contributed by atoms with Gasteiger partial charge in [-0.2, -0.15) is 0 Å². The zero-order chi connectivity index (χ0) is 23.3. The van der Waals surface area contributed by atoms with Gasteiger partial charge in [0.1, 0.15) is 11.9 Å². The van der Waals surface area contributed by atoms with Crippen molar-refractivity contribution in [1.82, 2.24) is 5.09 Å². The van der Waals surface area contributed by atoms with Crippen molar-refractivity contribution in [1.29, 1.82) is 0 Å². The van der Waals surface area contributed by atoms with Crippen LogP contribution in [0.1, 0.15) is 36.0 Å². The lowest BCUT2D eigenvalue weighted by Gasteiger charge is -2.33. The molecule has 1 aliphatic carbocycles. The highest BCUT2D eigenvalue weighted by molar-refractivity contribution is 7.76. The molecule has 6 heteroatoms. The van der Waals surface area contributed by atoms with Gasteiger partial charge in [-0.25, -0.2) is 0 Å². The molecule has 2 atom stereocenters. The molecular weight excluding hydrogens is 433 g/mol. The van der Waals surface area contributed by atoms with E-state index in [9.17, 15) is 14.5 Å². The van der Waals surface area contributed by atoms with Gasteiger partial charge in [0, 0.05) is 16.7 Å². The van der Waals surface area contributed by atoms with E-state index in [4.69, 9.17) is 4.74 Å². The summed E-state index contributed by atoms with van der Waals surface area (Å²) in [5.74, 6) is 0.0324. The molecule has 1 aliphatic rings. The minimum absolute atomic E-state index is 0.0411. The van der Waals surface area contributed by atoms with Gasteiger partial charge >= 0.3 is 0 Å². The fraction of sp³-hybridized carbons (Fsp3) is 0.296. The molecule has 0 spiro atoms. The van der Waals surface area contributed by atoms with E-state index in [0.717, 1.165) is 25.7 Å². The van der Waals surface area contributed by atoms with Crippen molar-refractivity contribution in [2.75, 3.05) is 7.11 Å². The Balaban J connectivity index is 1.75. The van der Waals surface area contributed by atoms with E-state index < -0.39 is 25.2 Å². The Morgan fingerprint density at radius 3 is 1.97 bits per heavy atom. The number of ether oxygens (including phenoxy) is 1. The molecule has 0 amide bonds. The Morgan fingerprint density at radius 2 is 1.42 bits per heavy atom. The number of carbonyl (C=O) groups excluding carboxylic acids is 1. The first kappa shape index (κ1) is 23.4. The summed E-state index contributed by atoms with van der Waals surface area (Å²) in [6, 6.07) is 24.8. The van der Waals surface area contributed by atoms with E-state index in [-0.39, 0.29) is 5.92 Å². The number of para-hydroxylation sites is 1. The lowest BCUT2D eigenvalue weighted by Crippen LogP contribution is -2.49. The van der Waals surface area contributed by atoms with E-state index in [2.05, 4.69) is 5.09 Å². The Bertz CT molecular complexity index is 1070. The van der Waals surface area contributed by atoms with Gasteiger partial charge in [-0.1, -0.05) is 61.4 Å². The molecule has 1 fully saturated rings. The minimum atomic E-state index is -3.33. The van der Waals surface area contributed by atoms with E-state index in [1.165, 1.54) is 7.11 Å². The molecule has 1 saturated carbocycles. The SMILES string of the molecule is COc1ccccc1C(=O)[C@H](O)[C@H](NP(=O)(c1ccccc1)c1ccccc1)C1CCCC1. The second-order valence-corrected chi connectivity index (χ2v) is 11.0. The Kier molecular flexibility index (Phi) is 7.44. The lowest BCUT2D eigenvalue weighted by molar-refractivity contribution is 0.0614. The van der Waals surface area contributed by atoms with Crippen LogP contribution < -0.4 is 20.4 Å². The van der Waals surface area contributed by atoms with Crippen molar-refractivity contribution in [2.45, 2.75) is 37.8 Å². The Hall–Kier alpha value is -2.72. The number of carbonyl (C=O) groups is 1. The number of Topliss-reactive ketones (excluding diaryl/α,β-unsaturated/α-hetero) is 1. The van der Waals surface area contributed by atoms with Crippen LogP contribution in [0.2, 0.25) is 0 Å². The first-order chi connectivity index (χ1) is 16.0. The fourth-order valence-corrected chi connectivity index (χ4v) is 7.26. The fourth-order valence-electron chi connectivity index (χ4n) is 4.70. The van der Waals surface area contributed by atoms with Crippen LogP contribution >= 0.6 is 7.29 Å². The van der Waals surface area contributed by atoms with Crippen LogP contribution in [0, 0.1) is 5.92 Å². The van der Waals surface area contributed by atoms with Crippen LogP contribution in [0.15, 0.2) is 84.9 Å². The molecule has 3 aromatic rings. The van der Waals surface area contributed by atoms with Gasteiger partial charge in [-0.15, -0.1) is 0 Å². The smallest absolute Gasteiger partial charge is 0.204 e. The maximum Gasteiger partial charge on any atom is 0.204 e. The Morgan fingerprint density at radius 1 is 0.909 bits per heavy atom. The molecule has 0 aliphatic heterocycles. The van der Waals surface area contributed by atoms with Gasteiger partial charge in [0.15, 0.2) is 5.78 Å². The molecule has 0 radical (unpaired) electrons. The van der Waals surface area contributed by atoms with Gasteiger partial charge < -0.3 is 9.84 Å². The number of hydrogen-bond donors (Lipinski definition) is 2. The van der Waals surface area contributed by atoms with Crippen LogP contribution in [0.4, 0.5) is 0 Å². The number of rotatable bonds is 9. The predicted octanol–water partition coefficient (Wildman–Crippen LogP) is 4.32. The molecule has 2 N–H and O–H groups in total. The molecule has 172 valence electrons. The van der Waals surface area contributed by atoms with Gasteiger partial charge in [-0.3, -0.25) is 14.4 Å². The summed E-state index contributed by atoms with van der Waals surface area (Å²) < 4.78 is 20.0. The normalized spacial score (nSPS) is 16.3. The van der Waals surface area contributed by atoms with E-state index in [1.54, 1.807) is 24.3 Å². The molecule has 4 rings (SSSR count). The molecule has 3 aromatic carbocycles. The van der Waals surface area contributed by atoms with Gasteiger partial charge in [0.05, 0.1) is 12.7 Å². The summed E-state index contributed by atoms with van der Waals surface area (Å²) >= 11 is 0. The molecule has 0 heterocycles. The van der Waals surface area contributed by atoms with Crippen LogP contribution in [0.5, 0.6) is 5.75 Å². The Labute approximate surface area is 195 Å². The largest absolute Gasteiger partial charge is 0.496 e. The lowest BCUT2D eigenvalue weighted by atomic mass is 9.90. The molecule has 33 heavy (non-hydrogen) atoms. The number of aliphatic hydroxyl groups is 1. The number of methoxy groups -OCH3 is 1. The highest BCUT2D eigenvalue weighted by Crippen LogP contribution is 2.43. The predicted molar refractivity (Wildman–Crippen MR) is 132 cm³/mol. The second kappa shape index (κ2) is 10.5. The maximum atomic E-state index is 14.6. The van der Waals surface area contributed by atoms with Gasteiger partial charge in [0.2, 0.25) is 7.29 Å². The average Bonchev–Trinajstić information content (AvgIpc) is 3.42. The highest BCUT2D eigenvalue weighted by Gasteiger charge is 2.41. The number of hydrogen-bond acceptors (Lipinski definition) is 4. The van der Waals surface area contributed by atoms with Crippen molar-refractivity contribution in [3.63, 3.8) is 0 Å². The first-order valence-corrected chi connectivity index (χ1v) is 13.1. The summed E-state index contributed by atoms with van der Waals surface area (Å²) in [6.07, 6.45) is 2.44. The van der Waals surface area contributed by atoms with Gasteiger partial charge in [-0.05, 0) is 55.2 Å². The minimum Gasteiger partial charge on any atom is -0.496 e. The molecular formula is C27H30NO4P. The summed E-state index contributed by atoms with van der Waals surface area (Å²) in [5, 5.41) is 16.0. The molecule has 0 aromatic heterocycles. The summed E-state index contributed by atoms with van der Waals surface area (Å²) in [7, 11) is -1.83. The van der Waals surface area contributed by atoms with E-state index in [1.807, 2.05) is 60.7 Å². The number of benzene rings is 3. The molecule has 5 nitrogen and oxygen atoms in total. The molecule has 0 unspecified atom stereocenters. The standard InChI is InChI=1S/C27H30NO4P/c1-32-24-19-11-10-18-23(24)26(29)27(30)25(20-12-8-9-13-20)28-33(31,21-14-4-2-5-15-21)22-16-6-3-7-17-22/h2-7,10-11,14-20,25,27,30H,8-9,12-13H2,1H3,(H,28,31)/t25-,27-/m1/s1. The highest BCUT2D eigenvalue weighted by atomic mass is 31.2.